The van der Waals surface area contributed by atoms with Crippen LogP contribution in [-0.2, 0) is 127 Å². The molecule has 0 aliphatic heterocycles. The third kappa shape index (κ3) is 64.3. The van der Waals surface area contributed by atoms with Gasteiger partial charge in [-0.3, -0.25) is 0 Å². The first-order chi connectivity index (χ1) is 18.9. The third-order valence-corrected chi connectivity index (χ3v) is 5.07. The number of aliphatic hydroxyl groups is 2. The van der Waals surface area contributed by atoms with Crippen molar-refractivity contribution in [1.82, 2.24) is 16.8 Å². The predicted octanol–water partition coefficient (Wildman–Crippen LogP) is 5.75. The number of aliphatic hydroxyl groups excluding tert-OH is 2. The Balaban J connectivity index is -0.0000000474. The molecule has 0 atom stereocenters. The summed E-state index contributed by atoms with van der Waals surface area (Å²) in [6, 6.07) is 22.3. The number of hydrogen-bond donors (Lipinski definition) is 2. The molecular weight excluding hydrogens is 867 g/mol. The molecule has 3 aromatic rings. The Labute approximate surface area is 315 Å². The quantitative estimate of drug-likeness (QED) is 0.123. The van der Waals surface area contributed by atoms with Crippen LogP contribution in [-0.4, -0.2) is 24.4 Å². The minimum atomic E-state index is -10.7. The van der Waals surface area contributed by atoms with E-state index in [0.717, 1.165) is 43.6 Å². The molecule has 24 heteroatoms. The minimum Gasteiger partial charge on any atom is -0.781 e. The molecule has 0 fully saturated rings. The van der Waals surface area contributed by atoms with Crippen LogP contribution in [0.5, 0.6) is 0 Å². The monoisotopic (exact) mass is 887 g/mol. The molecule has 0 spiro atoms. The number of nitroso groups, excluding NO2 is 3. The van der Waals surface area contributed by atoms with Crippen molar-refractivity contribution in [2.75, 3.05) is 14.2 Å². The number of benzene rings is 3. The molecule has 0 amide bonds. The number of halogens is 6. The molecule has 252 valence electrons. The van der Waals surface area contributed by atoms with Gasteiger partial charge in [0.05, 0.1) is 0 Å². The van der Waals surface area contributed by atoms with Gasteiger partial charge in [-0.25, -0.2) is 0 Å². The van der Waals surface area contributed by atoms with E-state index in [9.17, 15) is 25.2 Å². The van der Waals surface area contributed by atoms with Gasteiger partial charge in [0.2, 0.25) is 0 Å². The van der Waals surface area contributed by atoms with Crippen LogP contribution in [0.2, 0.25) is 0 Å². The van der Waals surface area contributed by atoms with E-state index in [4.69, 9.17) is 117 Å². The summed E-state index contributed by atoms with van der Waals surface area (Å²) in [6.07, 6.45) is 0. The second-order valence-corrected chi connectivity index (χ2v) is 9.85. The Hall–Kier alpha value is -0.732. The molecule has 0 heterocycles. The summed E-state index contributed by atoms with van der Waals surface area (Å²) in [4.78, 5) is 26.3. The van der Waals surface area contributed by atoms with Gasteiger partial charge in [0.15, 0.2) is 0 Å². The van der Waals surface area contributed by atoms with Gasteiger partial charge in [0.1, 0.15) is 16.8 Å². The van der Waals surface area contributed by atoms with E-state index in [0.29, 0.717) is 0 Å². The van der Waals surface area contributed by atoms with Crippen LogP contribution in [0.15, 0.2) is 102 Å². The second kappa shape index (κ2) is 36.7. The molecule has 0 unspecified atom stereocenters. The van der Waals surface area contributed by atoms with Gasteiger partial charge in [0, 0.05) is 14.2 Å². The topological polar surface area (TPSA) is 159 Å². The zero-order valence-corrected chi connectivity index (χ0v) is 30.7. The molecule has 3 rings (SSSR count). The summed E-state index contributed by atoms with van der Waals surface area (Å²) in [5, 5.41) is 14.0. The van der Waals surface area contributed by atoms with E-state index >= 15 is 0 Å². The van der Waals surface area contributed by atoms with Crippen molar-refractivity contribution in [3.05, 3.63) is 87.5 Å². The van der Waals surface area contributed by atoms with E-state index in [1.165, 1.54) is 0 Å². The summed E-state index contributed by atoms with van der Waals surface area (Å²) in [6.45, 7) is 0. The zero-order chi connectivity index (χ0) is 34.4. The maximum absolute atomic E-state index is 10.7. The zero-order valence-electron chi connectivity index (χ0n) is 21.6. The van der Waals surface area contributed by atoms with Gasteiger partial charge in [-0.15, -0.1) is 14.7 Å². The van der Waals surface area contributed by atoms with Crippen LogP contribution in [0, 0.1) is 14.7 Å². The Morgan fingerprint density at radius 2 is 0.500 bits per heavy atom. The van der Waals surface area contributed by atoms with E-state index < -0.39 is 7.81 Å². The Bertz CT molecular complexity index is 886. The van der Waals surface area contributed by atoms with Gasteiger partial charge in [-0.05, 0) is 0 Å². The van der Waals surface area contributed by atoms with Crippen molar-refractivity contribution in [3.63, 3.8) is 0 Å². The summed E-state index contributed by atoms with van der Waals surface area (Å²) >= 11 is 29.1. The molecular formula is C20H20F6Fe3N3O5PS6. The van der Waals surface area contributed by atoms with Crippen LogP contribution >= 0.6 is 7.81 Å². The molecule has 0 bridgehead atoms. The molecule has 0 aliphatic carbocycles. The van der Waals surface area contributed by atoms with Gasteiger partial charge in [-0.2, -0.15) is 29.4 Å². The van der Waals surface area contributed by atoms with Crippen molar-refractivity contribution in [2.45, 2.75) is 29.4 Å². The van der Waals surface area contributed by atoms with E-state index in [-0.39, 0.29) is 51.2 Å². The molecule has 44 heavy (non-hydrogen) atoms. The van der Waals surface area contributed by atoms with Crippen LogP contribution < -0.4 is 16.8 Å². The Morgan fingerprint density at radius 3 is 0.545 bits per heavy atom. The maximum Gasteiger partial charge on any atom is 3.00 e. The van der Waals surface area contributed by atoms with E-state index in [2.05, 4.69) is 0 Å². The molecule has 0 aromatic heterocycles. The minimum absolute atomic E-state index is 0. The molecule has 0 saturated carbocycles. The smallest absolute Gasteiger partial charge is 0.781 e. The second-order valence-electron chi connectivity index (χ2n) is 5.30. The largest absolute Gasteiger partial charge is 3.00 e. The standard InChI is InChI=1S/3C6H6S2.2CH4O.F6P.3Fe.3NO/c3*7-5-3-1-2-4-6(5)8;2*1-2;1-7(2,3,4,5)6;;;;3*1-2/h3*1-4,7-8H;2*2H,1H3;;;;;;;/q;;;;;-1;2*+2;+3;;;/p-6. The van der Waals surface area contributed by atoms with Crippen molar-refractivity contribution < 1.29 is 86.6 Å². The average molecular weight is 887 g/mol. The van der Waals surface area contributed by atoms with E-state index in [1.54, 1.807) is 0 Å². The van der Waals surface area contributed by atoms with Crippen LogP contribution in [0.4, 0.5) is 25.2 Å². The summed E-state index contributed by atoms with van der Waals surface area (Å²) in [7, 11) is -8.66. The first kappa shape index (κ1) is 65.8. The fourth-order valence-corrected chi connectivity index (χ4v) is 2.23. The normalized spacial score (nSPS) is 9.14. The van der Waals surface area contributed by atoms with Gasteiger partial charge in [-0.1, -0.05) is 72.8 Å². The molecule has 0 aliphatic rings. The van der Waals surface area contributed by atoms with Crippen molar-refractivity contribution in [1.29, 1.82) is 0 Å². The summed E-state index contributed by atoms with van der Waals surface area (Å²) in [5.74, 6) is 0. The Morgan fingerprint density at radius 1 is 0.432 bits per heavy atom. The van der Waals surface area contributed by atoms with E-state index in [1.807, 2.05) is 72.8 Å². The first-order valence-corrected chi connectivity index (χ1v) is 13.6. The van der Waals surface area contributed by atoms with Crippen molar-refractivity contribution in [2.24, 2.45) is 0 Å². The molecule has 8 nitrogen and oxygen atoms in total. The summed E-state index contributed by atoms with van der Waals surface area (Å²) < 4.78 is 59.2. The number of rotatable bonds is 0. The molecule has 4 radical (unpaired) electrons. The van der Waals surface area contributed by atoms with Gasteiger partial charge < -0.3 is 86.0 Å². The average Bonchev–Trinajstić information content (AvgIpc) is 2.94. The number of nitrogens with zero attached hydrogens (tertiary/aromatic N) is 3. The Kier molecular flexibility index (Phi) is 55.0. The van der Waals surface area contributed by atoms with Crippen LogP contribution in [0.25, 0.3) is 0 Å². The predicted molar refractivity (Wildman–Crippen MR) is 159 cm³/mol. The summed E-state index contributed by atoms with van der Waals surface area (Å²) in [5.41, 5.74) is 17.2. The van der Waals surface area contributed by atoms with Gasteiger partial charge in [0.25, 0.3) is 0 Å². The van der Waals surface area contributed by atoms with Crippen LogP contribution in [0.1, 0.15) is 0 Å². The maximum atomic E-state index is 9.87. The van der Waals surface area contributed by atoms with Crippen molar-refractivity contribution in [3.8, 4) is 0 Å². The number of hydrogen-bond acceptors (Lipinski definition) is 11. The van der Waals surface area contributed by atoms with Crippen LogP contribution in [0.3, 0.4) is 0 Å². The fourth-order valence-electron chi connectivity index (χ4n) is 1.35. The molecule has 3 aromatic carbocycles. The SMILES string of the molecule is CO.CO.F[P-](F)(F)(F)(F)F.[Fe+2].[Fe+2].[Fe+3].[N]=O.[N]=O.[N]=O.[S-]c1ccccc1[S-].[S-]c1ccccc1[S-].[S-]c1ccccc1[S-]. The molecule has 0 saturated heterocycles. The third-order valence-electron chi connectivity index (χ3n) is 2.55. The first-order valence-electron chi connectivity index (χ1n) is 9.16. The molecule has 2 N–H and O–H groups in total. The van der Waals surface area contributed by atoms with Crippen molar-refractivity contribution >= 4 is 83.6 Å². The van der Waals surface area contributed by atoms with Gasteiger partial charge >= 0.3 is 84.2 Å². The fraction of sp³-hybridized carbons (Fsp3) is 0.100.